The number of hydrogen-bond donors (Lipinski definition) is 1. The molecule has 1 aliphatic heterocycles. The summed E-state index contributed by atoms with van der Waals surface area (Å²) >= 11 is 1.87. The van der Waals surface area contributed by atoms with Gasteiger partial charge in [0.2, 0.25) is 5.91 Å². The second kappa shape index (κ2) is 9.45. The van der Waals surface area contributed by atoms with Crippen LogP contribution in [0, 0.1) is 0 Å². The second-order valence-corrected chi connectivity index (χ2v) is 10.5. The van der Waals surface area contributed by atoms with Crippen molar-refractivity contribution in [2.24, 2.45) is 0 Å². The van der Waals surface area contributed by atoms with Gasteiger partial charge >= 0.3 is 0 Å². The highest BCUT2D eigenvalue weighted by Crippen LogP contribution is 2.15. The standard InChI is InChI=1S/C21H24N2O4S2/c1-29(26,27)15-17-2-6-18(7-3-17)21(25)22-19-8-4-16(5-9-19)14-20(24)23-10-12-28-13-11-23/h2-9H,10-15H2,1H3,(H,22,25). The van der Waals surface area contributed by atoms with Crippen LogP contribution in [0.25, 0.3) is 0 Å². The first kappa shape index (κ1) is 21.4. The molecule has 2 aromatic rings. The van der Waals surface area contributed by atoms with Crippen LogP contribution >= 0.6 is 11.8 Å². The van der Waals surface area contributed by atoms with Crippen molar-refractivity contribution in [1.29, 1.82) is 0 Å². The molecule has 6 nitrogen and oxygen atoms in total. The van der Waals surface area contributed by atoms with Crippen molar-refractivity contribution in [1.82, 2.24) is 4.90 Å². The van der Waals surface area contributed by atoms with Crippen molar-refractivity contribution in [3.8, 4) is 0 Å². The van der Waals surface area contributed by atoms with Crippen molar-refractivity contribution >= 4 is 39.1 Å². The first-order valence-corrected chi connectivity index (χ1v) is 12.5. The fourth-order valence-corrected chi connectivity index (χ4v) is 4.76. The van der Waals surface area contributed by atoms with Crippen LogP contribution in [-0.4, -0.2) is 56.0 Å². The molecule has 2 aromatic carbocycles. The molecule has 0 atom stereocenters. The lowest BCUT2D eigenvalue weighted by molar-refractivity contribution is -0.130. The molecular weight excluding hydrogens is 408 g/mol. The molecule has 0 saturated carbocycles. The molecule has 0 radical (unpaired) electrons. The van der Waals surface area contributed by atoms with Crippen LogP contribution in [0.5, 0.6) is 0 Å². The van der Waals surface area contributed by atoms with Crippen LogP contribution in [0.15, 0.2) is 48.5 Å². The molecule has 2 amide bonds. The number of amides is 2. The van der Waals surface area contributed by atoms with Crippen LogP contribution in [-0.2, 0) is 26.8 Å². The number of thioether (sulfide) groups is 1. The molecule has 1 N–H and O–H groups in total. The quantitative estimate of drug-likeness (QED) is 0.759. The van der Waals surface area contributed by atoms with Gasteiger partial charge in [-0.2, -0.15) is 11.8 Å². The van der Waals surface area contributed by atoms with Gasteiger partial charge in [0.15, 0.2) is 9.84 Å². The van der Waals surface area contributed by atoms with E-state index in [9.17, 15) is 18.0 Å². The molecule has 1 saturated heterocycles. The Morgan fingerprint density at radius 3 is 2.14 bits per heavy atom. The summed E-state index contributed by atoms with van der Waals surface area (Å²) in [5, 5.41) is 2.81. The minimum atomic E-state index is -3.11. The third-order valence-corrected chi connectivity index (χ3v) is 6.38. The van der Waals surface area contributed by atoms with E-state index < -0.39 is 9.84 Å². The molecule has 29 heavy (non-hydrogen) atoms. The number of hydrogen-bond acceptors (Lipinski definition) is 5. The number of carbonyl (C=O) groups is 2. The van der Waals surface area contributed by atoms with E-state index in [1.807, 2.05) is 28.8 Å². The summed E-state index contributed by atoms with van der Waals surface area (Å²) in [7, 11) is -3.11. The normalized spacial score (nSPS) is 14.4. The highest BCUT2D eigenvalue weighted by atomic mass is 32.2. The highest BCUT2D eigenvalue weighted by Gasteiger charge is 2.17. The molecule has 0 spiro atoms. The zero-order valence-electron chi connectivity index (χ0n) is 16.3. The molecule has 154 valence electrons. The van der Waals surface area contributed by atoms with Crippen LogP contribution in [0.3, 0.4) is 0 Å². The Hall–Kier alpha value is -2.32. The molecule has 0 unspecified atom stereocenters. The van der Waals surface area contributed by atoms with E-state index in [0.717, 1.165) is 30.2 Å². The summed E-state index contributed by atoms with van der Waals surface area (Å²) in [6.07, 6.45) is 1.54. The van der Waals surface area contributed by atoms with Gasteiger partial charge in [0, 0.05) is 42.1 Å². The number of anilines is 1. The van der Waals surface area contributed by atoms with E-state index in [4.69, 9.17) is 0 Å². The third-order valence-electron chi connectivity index (χ3n) is 4.58. The van der Waals surface area contributed by atoms with Crippen LogP contribution < -0.4 is 5.32 Å². The number of benzene rings is 2. The van der Waals surface area contributed by atoms with E-state index in [-0.39, 0.29) is 17.6 Å². The van der Waals surface area contributed by atoms with E-state index in [1.54, 1.807) is 36.4 Å². The number of sulfone groups is 1. The minimum absolute atomic E-state index is 0.0503. The monoisotopic (exact) mass is 432 g/mol. The predicted molar refractivity (Wildman–Crippen MR) is 117 cm³/mol. The summed E-state index contributed by atoms with van der Waals surface area (Å²) in [4.78, 5) is 26.6. The van der Waals surface area contributed by atoms with Crippen molar-refractivity contribution in [3.05, 3.63) is 65.2 Å². The Balaban J connectivity index is 1.56. The van der Waals surface area contributed by atoms with E-state index in [0.29, 0.717) is 23.2 Å². The smallest absolute Gasteiger partial charge is 0.255 e. The van der Waals surface area contributed by atoms with Crippen LogP contribution in [0.1, 0.15) is 21.5 Å². The van der Waals surface area contributed by atoms with E-state index >= 15 is 0 Å². The van der Waals surface area contributed by atoms with E-state index in [1.165, 1.54) is 6.26 Å². The van der Waals surface area contributed by atoms with Gasteiger partial charge in [0.1, 0.15) is 0 Å². The summed E-state index contributed by atoms with van der Waals surface area (Å²) in [5.41, 5.74) is 2.65. The maximum atomic E-state index is 12.4. The first-order valence-electron chi connectivity index (χ1n) is 9.33. The van der Waals surface area contributed by atoms with Gasteiger partial charge in [-0.3, -0.25) is 9.59 Å². The number of nitrogens with one attached hydrogen (secondary N) is 1. The third kappa shape index (κ3) is 6.61. The largest absolute Gasteiger partial charge is 0.341 e. The number of nitrogens with zero attached hydrogens (tertiary/aromatic N) is 1. The Bertz CT molecular complexity index is 965. The number of carbonyl (C=O) groups excluding carboxylic acids is 2. The lowest BCUT2D eigenvalue weighted by Gasteiger charge is -2.26. The fraction of sp³-hybridized carbons (Fsp3) is 0.333. The lowest BCUT2D eigenvalue weighted by atomic mass is 10.1. The maximum Gasteiger partial charge on any atom is 0.255 e. The lowest BCUT2D eigenvalue weighted by Crippen LogP contribution is -2.38. The van der Waals surface area contributed by atoms with Gasteiger partial charge in [-0.1, -0.05) is 24.3 Å². The van der Waals surface area contributed by atoms with Crippen LogP contribution in [0.4, 0.5) is 5.69 Å². The zero-order valence-corrected chi connectivity index (χ0v) is 17.9. The SMILES string of the molecule is CS(=O)(=O)Cc1ccc(C(=O)Nc2ccc(CC(=O)N3CCSCC3)cc2)cc1. The molecule has 1 fully saturated rings. The first-order chi connectivity index (χ1) is 13.8. The van der Waals surface area contributed by atoms with Crippen molar-refractivity contribution in [2.75, 3.05) is 36.2 Å². The Kier molecular flexibility index (Phi) is 6.97. The number of rotatable bonds is 6. The Morgan fingerprint density at radius 2 is 1.55 bits per heavy atom. The summed E-state index contributed by atoms with van der Waals surface area (Å²) in [6.45, 7) is 1.61. The molecular formula is C21H24N2O4S2. The Morgan fingerprint density at radius 1 is 0.966 bits per heavy atom. The molecule has 8 heteroatoms. The van der Waals surface area contributed by atoms with Gasteiger partial charge in [0.25, 0.3) is 5.91 Å². The predicted octanol–water partition coefficient (Wildman–Crippen LogP) is 2.60. The molecule has 0 aromatic heterocycles. The highest BCUT2D eigenvalue weighted by molar-refractivity contribution is 7.99. The van der Waals surface area contributed by atoms with E-state index in [2.05, 4.69) is 5.32 Å². The van der Waals surface area contributed by atoms with Gasteiger partial charge in [0.05, 0.1) is 12.2 Å². The molecule has 1 aliphatic rings. The van der Waals surface area contributed by atoms with Crippen molar-refractivity contribution in [2.45, 2.75) is 12.2 Å². The minimum Gasteiger partial charge on any atom is -0.341 e. The fourth-order valence-electron chi connectivity index (χ4n) is 3.06. The summed E-state index contributed by atoms with van der Waals surface area (Å²) in [6, 6.07) is 13.8. The Labute approximate surface area is 175 Å². The second-order valence-electron chi connectivity index (χ2n) is 7.09. The van der Waals surface area contributed by atoms with Gasteiger partial charge in [-0.25, -0.2) is 8.42 Å². The maximum absolute atomic E-state index is 12.4. The summed E-state index contributed by atoms with van der Waals surface area (Å²) in [5.74, 6) is 1.80. The van der Waals surface area contributed by atoms with Crippen LogP contribution in [0.2, 0.25) is 0 Å². The average Bonchev–Trinajstić information content (AvgIpc) is 2.69. The van der Waals surface area contributed by atoms with Gasteiger partial charge in [-0.05, 0) is 35.4 Å². The summed E-state index contributed by atoms with van der Waals surface area (Å²) < 4.78 is 22.7. The topological polar surface area (TPSA) is 83.5 Å². The molecule has 1 heterocycles. The molecule has 3 rings (SSSR count). The molecule has 0 bridgehead atoms. The molecule has 0 aliphatic carbocycles. The van der Waals surface area contributed by atoms with Crippen molar-refractivity contribution < 1.29 is 18.0 Å². The zero-order chi connectivity index (χ0) is 20.9. The van der Waals surface area contributed by atoms with Gasteiger partial charge in [-0.15, -0.1) is 0 Å². The van der Waals surface area contributed by atoms with Crippen molar-refractivity contribution in [3.63, 3.8) is 0 Å². The van der Waals surface area contributed by atoms with Gasteiger partial charge < -0.3 is 10.2 Å². The average molecular weight is 433 g/mol.